The minimum Gasteiger partial charge on any atom is -0.390 e. The molecule has 6 nitrogen and oxygen atoms in total. The van der Waals surface area contributed by atoms with E-state index in [0.717, 1.165) is 23.3 Å². The van der Waals surface area contributed by atoms with Gasteiger partial charge < -0.3 is 25.0 Å². The number of rotatable bonds is 7. The molecule has 1 unspecified atom stereocenters. The van der Waals surface area contributed by atoms with Crippen LogP contribution in [0.4, 0.5) is 8.78 Å². The highest BCUT2D eigenvalue weighted by atomic mass is 19.1. The third kappa shape index (κ3) is 5.27. The van der Waals surface area contributed by atoms with Gasteiger partial charge in [0.25, 0.3) is 5.91 Å². The van der Waals surface area contributed by atoms with Crippen molar-refractivity contribution in [3.63, 3.8) is 0 Å². The maximum Gasteiger partial charge on any atom is 0.252 e. The van der Waals surface area contributed by atoms with Gasteiger partial charge in [-0.3, -0.25) is 4.79 Å². The van der Waals surface area contributed by atoms with Gasteiger partial charge in [0.15, 0.2) is 5.60 Å². The number of benzene rings is 2. The zero-order valence-electron chi connectivity index (χ0n) is 17.5. The molecule has 31 heavy (non-hydrogen) atoms. The quantitative estimate of drug-likeness (QED) is 0.622. The third-order valence-electron chi connectivity index (χ3n) is 5.59. The SMILES string of the molecule is CNC(=O)[C@@]1(OCc2cccc(C)c2)CC(OCc2c(F)cccc2F)[C@H](O)[C@H](O)C1. The molecule has 0 saturated heterocycles. The highest BCUT2D eigenvalue weighted by Gasteiger charge is 2.51. The molecule has 3 N–H and O–H groups in total. The monoisotopic (exact) mass is 435 g/mol. The van der Waals surface area contributed by atoms with Crippen LogP contribution in [-0.4, -0.2) is 47.1 Å². The van der Waals surface area contributed by atoms with E-state index in [1.54, 1.807) is 0 Å². The number of nitrogens with one attached hydrogen (secondary N) is 1. The highest BCUT2D eigenvalue weighted by molar-refractivity contribution is 5.85. The minimum atomic E-state index is -1.48. The smallest absolute Gasteiger partial charge is 0.252 e. The molecule has 168 valence electrons. The van der Waals surface area contributed by atoms with Crippen LogP contribution in [0.1, 0.15) is 29.5 Å². The van der Waals surface area contributed by atoms with Gasteiger partial charge >= 0.3 is 0 Å². The molecule has 0 aliphatic heterocycles. The zero-order chi connectivity index (χ0) is 22.6. The van der Waals surface area contributed by atoms with E-state index in [4.69, 9.17) is 9.47 Å². The summed E-state index contributed by atoms with van der Waals surface area (Å²) in [6, 6.07) is 11.0. The number of aliphatic hydroxyl groups excluding tert-OH is 2. The topological polar surface area (TPSA) is 88.0 Å². The van der Waals surface area contributed by atoms with Crippen molar-refractivity contribution in [3.8, 4) is 0 Å². The van der Waals surface area contributed by atoms with Gasteiger partial charge in [-0.1, -0.05) is 35.9 Å². The first kappa shape index (κ1) is 23.3. The van der Waals surface area contributed by atoms with Gasteiger partial charge in [0, 0.05) is 25.5 Å². The van der Waals surface area contributed by atoms with Crippen LogP contribution in [0.15, 0.2) is 42.5 Å². The van der Waals surface area contributed by atoms with Crippen molar-refractivity contribution in [1.82, 2.24) is 5.32 Å². The van der Waals surface area contributed by atoms with Gasteiger partial charge in [-0.05, 0) is 24.6 Å². The predicted octanol–water partition coefficient (Wildman–Crippen LogP) is 2.38. The fraction of sp³-hybridized carbons (Fsp3) is 0.435. The maximum atomic E-state index is 13.9. The van der Waals surface area contributed by atoms with Gasteiger partial charge in [-0.2, -0.15) is 0 Å². The molecule has 2 aromatic rings. The molecule has 1 amide bonds. The number of carbonyl (C=O) groups is 1. The molecule has 8 heteroatoms. The average molecular weight is 435 g/mol. The molecule has 1 aliphatic carbocycles. The Morgan fingerprint density at radius 2 is 1.81 bits per heavy atom. The molecule has 0 bridgehead atoms. The standard InChI is InChI=1S/C23H27F2NO5/c1-14-5-3-6-15(9-14)12-31-23(22(29)26-2)10-19(27)21(28)20(11-23)30-13-16-17(24)7-4-8-18(16)25/h3-9,19-21,27-28H,10-13H2,1-2H3,(H,26,29)/t19-,20?,21-,23+/m1/s1. The summed E-state index contributed by atoms with van der Waals surface area (Å²) >= 11 is 0. The fourth-order valence-electron chi connectivity index (χ4n) is 3.87. The van der Waals surface area contributed by atoms with Gasteiger partial charge in [0.05, 0.1) is 25.4 Å². The second-order valence-corrected chi connectivity index (χ2v) is 7.87. The highest BCUT2D eigenvalue weighted by Crippen LogP contribution is 2.36. The first-order chi connectivity index (χ1) is 14.8. The van der Waals surface area contributed by atoms with E-state index in [9.17, 15) is 23.8 Å². The molecule has 0 heterocycles. The summed E-state index contributed by atoms with van der Waals surface area (Å²) < 4.78 is 39.5. The summed E-state index contributed by atoms with van der Waals surface area (Å²) in [6.07, 6.45) is -3.97. The van der Waals surface area contributed by atoms with Crippen molar-refractivity contribution in [2.24, 2.45) is 0 Å². The van der Waals surface area contributed by atoms with Gasteiger partial charge in [0.1, 0.15) is 17.7 Å². The van der Waals surface area contributed by atoms with Crippen LogP contribution < -0.4 is 5.32 Å². The predicted molar refractivity (Wildman–Crippen MR) is 109 cm³/mol. The van der Waals surface area contributed by atoms with E-state index < -0.39 is 48.1 Å². The number of halogens is 2. The van der Waals surface area contributed by atoms with Gasteiger partial charge in [0.2, 0.25) is 0 Å². The Kier molecular flexibility index (Phi) is 7.38. The molecule has 0 radical (unpaired) electrons. The van der Waals surface area contributed by atoms with Gasteiger partial charge in [-0.15, -0.1) is 0 Å². The number of likely N-dealkylation sites (N-methyl/N-ethyl adjacent to an activating group) is 1. The van der Waals surface area contributed by atoms with Crippen molar-refractivity contribution in [2.75, 3.05) is 7.05 Å². The summed E-state index contributed by atoms with van der Waals surface area (Å²) in [6.45, 7) is 1.58. The van der Waals surface area contributed by atoms with Crippen molar-refractivity contribution < 1.29 is 33.3 Å². The number of amides is 1. The second kappa shape index (κ2) is 9.82. The van der Waals surface area contributed by atoms with E-state index in [1.807, 2.05) is 31.2 Å². The van der Waals surface area contributed by atoms with Crippen LogP contribution in [0.2, 0.25) is 0 Å². The molecule has 1 fully saturated rings. The Balaban J connectivity index is 1.79. The number of hydrogen-bond acceptors (Lipinski definition) is 5. The number of hydrogen-bond donors (Lipinski definition) is 3. The number of ether oxygens (including phenoxy) is 2. The Morgan fingerprint density at radius 1 is 1.13 bits per heavy atom. The van der Waals surface area contributed by atoms with Gasteiger partial charge in [-0.25, -0.2) is 8.78 Å². The molecule has 0 spiro atoms. The van der Waals surface area contributed by atoms with Crippen molar-refractivity contribution in [1.29, 1.82) is 0 Å². The Hall–Kier alpha value is -2.39. The van der Waals surface area contributed by atoms with Crippen molar-refractivity contribution >= 4 is 5.91 Å². The van der Waals surface area contributed by atoms with Crippen LogP contribution in [0.25, 0.3) is 0 Å². The van der Waals surface area contributed by atoms with E-state index >= 15 is 0 Å². The normalized spacial score (nSPS) is 25.9. The lowest BCUT2D eigenvalue weighted by Crippen LogP contribution is -2.60. The van der Waals surface area contributed by atoms with E-state index in [0.29, 0.717) is 0 Å². The lowest BCUT2D eigenvalue weighted by atomic mass is 9.78. The van der Waals surface area contributed by atoms with E-state index in [2.05, 4.69) is 5.32 Å². The van der Waals surface area contributed by atoms with Crippen LogP contribution in [0.3, 0.4) is 0 Å². The van der Waals surface area contributed by atoms with Crippen LogP contribution in [-0.2, 0) is 27.5 Å². The molecular formula is C23H27F2NO5. The second-order valence-electron chi connectivity index (χ2n) is 7.87. The van der Waals surface area contributed by atoms with E-state index in [1.165, 1.54) is 13.1 Å². The summed E-state index contributed by atoms with van der Waals surface area (Å²) in [5, 5.41) is 23.4. The maximum absolute atomic E-state index is 13.9. The zero-order valence-corrected chi connectivity index (χ0v) is 17.5. The summed E-state index contributed by atoms with van der Waals surface area (Å²) in [4.78, 5) is 12.8. The third-order valence-corrected chi connectivity index (χ3v) is 5.59. The Labute approximate surface area is 179 Å². The number of aryl methyl sites for hydroxylation is 1. The van der Waals surface area contributed by atoms with Crippen molar-refractivity contribution in [2.45, 2.75) is 56.9 Å². The molecule has 4 atom stereocenters. The molecule has 1 saturated carbocycles. The molecule has 2 aromatic carbocycles. The van der Waals surface area contributed by atoms with Crippen LogP contribution in [0.5, 0.6) is 0 Å². The molecule has 1 aliphatic rings. The molecule has 3 rings (SSSR count). The minimum absolute atomic E-state index is 0.0905. The Bertz CT molecular complexity index is 904. The lowest BCUT2D eigenvalue weighted by Gasteiger charge is -2.43. The number of aliphatic hydroxyl groups is 2. The fourth-order valence-corrected chi connectivity index (χ4v) is 3.87. The largest absolute Gasteiger partial charge is 0.390 e. The first-order valence-corrected chi connectivity index (χ1v) is 10.1. The first-order valence-electron chi connectivity index (χ1n) is 10.1. The number of carbonyl (C=O) groups excluding carboxylic acids is 1. The molecular weight excluding hydrogens is 408 g/mol. The Morgan fingerprint density at radius 3 is 2.45 bits per heavy atom. The average Bonchev–Trinajstić information content (AvgIpc) is 2.74. The van der Waals surface area contributed by atoms with Crippen LogP contribution in [0, 0.1) is 18.6 Å². The van der Waals surface area contributed by atoms with Crippen LogP contribution >= 0.6 is 0 Å². The lowest BCUT2D eigenvalue weighted by molar-refractivity contribution is -0.200. The summed E-state index contributed by atoms with van der Waals surface area (Å²) in [5.41, 5.74) is 0.105. The summed E-state index contributed by atoms with van der Waals surface area (Å²) in [5.74, 6) is -2.03. The summed E-state index contributed by atoms with van der Waals surface area (Å²) in [7, 11) is 1.45. The molecule has 0 aromatic heterocycles. The van der Waals surface area contributed by atoms with E-state index in [-0.39, 0.29) is 25.0 Å². The van der Waals surface area contributed by atoms with Crippen molar-refractivity contribution in [3.05, 3.63) is 70.8 Å².